The first-order valence-corrected chi connectivity index (χ1v) is 46.8. The van der Waals surface area contributed by atoms with Gasteiger partial charge in [-0.1, -0.05) is 250 Å². The van der Waals surface area contributed by atoms with E-state index in [2.05, 4.69) is 38.7 Å². The Bertz CT molecular complexity index is 4350. The van der Waals surface area contributed by atoms with Crippen molar-refractivity contribution in [3.63, 3.8) is 0 Å². The van der Waals surface area contributed by atoms with E-state index in [1.165, 1.54) is 27.5 Å². The molecule has 0 radical (unpaired) electrons. The highest BCUT2D eigenvalue weighted by Gasteiger charge is 2.49. The topological polar surface area (TPSA) is 382 Å². The standard InChI is InChI=1S/C35H49BN4O6.C33H44BFN4O6.C26H38BN3O6.2ClH/c41-33-31-22-29(46-35(43)39-23-27-17-11-12-18-28(27)24-39)25-40(31)34(42)30(37-21-13-16-26-14-7-6-8-15-26)19-9-4-2-1-3-5-10-20-32(38-33)36(44)45;35-26-14-10-11-23(17-26)19-36-28-15-6-4-2-1-3-5-7-16-30(34(43)44)37-31(40)29-18-27(22-39(29)32(28)41)45-33(42)38-20-24-12-8-9-13-25(24)21-38;31-24-14-8-6-4-2-1-3-5-7-13-23(27(34)35)28-25(32)22-15-21(18-30(22)24)36-26(33)29-16-19-11-9-10-12-20(19)17-29;;/h6-8,11-12,14-15,17-18,29-32,37,44-45H,1-5,9-10,13,16,19-25H2,(H,38,41);8-14,17,27-30,36,43-44H,1-7,15-16,18-22H2,(H,37,40);9-12,21-23,34-35H,1-8,13-18H2,(H,28,32);2*1H/t29-,30+,31+,32+;27-,28+,29+,30+;21-,22+,23+;;/m111../s1. The van der Waals surface area contributed by atoms with Crippen LogP contribution >= 0.6 is 24.8 Å². The summed E-state index contributed by atoms with van der Waals surface area (Å²) in [7, 11) is -5.13. The van der Waals surface area contributed by atoms with E-state index in [1.807, 2.05) is 91.0 Å². The molecule has 0 spiro atoms. The molecule has 5 aromatic rings. The SMILES string of the molecule is Cl.Cl.O=C1N[C@H](B(O)O)CCCCCCCCCCC(=O)N2C[C@H](OC(=O)N3Cc4ccccc4C3)C[C@@H]12.O=C1N[C@H](B(O)O)CCCCCCCCC[C@H](NCCCc2ccccc2)C(=O)N2C[C@H](OC(=O)N3Cc4ccccc4C3)C[C@@H]12.O=C1N[C@H](B(O)O)CCCCCCCCC[C@H](NCc2cccc(F)c2)C(=O)N2C[C@H](OC(=O)N3Cc4ccccc4C3)C[C@@H]12. The molecule has 14 rings (SSSR count). The molecule has 0 aliphatic carbocycles. The van der Waals surface area contributed by atoms with Crippen molar-refractivity contribution in [3.8, 4) is 0 Å². The van der Waals surface area contributed by atoms with Crippen LogP contribution in [0.15, 0.2) is 127 Å². The van der Waals surface area contributed by atoms with Gasteiger partial charge in [-0.05, 0) is 115 Å². The zero-order chi connectivity index (χ0) is 89.6. The highest BCUT2D eigenvalue weighted by Crippen LogP contribution is 2.33. The van der Waals surface area contributed by atoms with E-state index < -0.39 is 124 Å². The number of nitrogens with zero attached hydrogens (tertiary/aromatic N) is 6. The van der Waals surface area contributed by atoms with Crippen molar-refractivity contribution in [2.75, 3.05) is 26.2 Å². The minimum atomic E-state index is -1.75. The summed E-state index contributed by atoms with van der Waals surface area (Å²) in [6, 6.07) is 36.3. The van der Waals surface area contributed by atoms with Gasteiger partial charge in [0.15, 0.2) is 0 Å². The van der Waals surface area contributed by atoms with Gasteiger partial charge in [0, 0.05) is 71.5 Å². The number of nitrogens with one attached hydrogen (secondary N) is 5. The second-order valence-corrected chi connectivity index (χ2v) is 35.9. The van der Waals surface area contributed by atoms with Crippen molar-refractivity contribution < 1.29 is 91.9 Å². The monoisotopic (exact) mass is 1830 g/mol. The molecule has 9 aliphatic heterocycles. The normalized spacial score (nSPS) is 24.8. The molecule has 0 saturated carbocycles. The van der Waals surface area contributed by atoms with Crippen LogP contribution in [0.2, 0.25) is 0 Å². The van der Waals surface area contributed by atoms with E-state index in [4.69, 9.17) is 14.2 Å². The number of amides is 9. The molecule has 5 aromatic carbocycles. The largest absolute Gasteiger partial charge is 0.475 e. The molecule has 6 saturated heterocycles. The Labute approximate surface area is 771 Å². The number of carbonyl (C=O) groups excluding carboxylic acids is 9. The minimum Gasteiger partial charge on any atom is -0.444 e. The first kappa shape index (κ1) is 102. The number of carbonyl (C=O) groups is 9. The van der Waals surface area contributed by atoms with Crippen molar-refractivity contribution >= 4 is 99.9 Å². The molecule has 9 heterocycles. The van der Waals surface area contributed by atoms with Gasteiger partial charge in [-0.15, -0.1) is 24.8 Å². The quantitative estimate of drug-likeness (QED) is 0.0279. The first-order chi connectivity index (χ1) is 61.6. The smallest absolute Gasteiger partial charge is 0.444 e. The number of benzene rings is 5. The molecule has 9 amide bonds. The number of ether oxygens (including phenoxy) is 3. The molecule has 6 fully saturated rings. The van der Waals surface area contributed by atoms with Gasteiger partial charge in [-0.3, -0.25) is 43.5 Å². The van der Waals surface area contributed by atoms with Gasteiger partial charge in [-0.25, -0.2) is 18.8 Å². The molecule has 0 aromatic heterocycles. The fourth-order valence-corrected chi connectivity index (χ4v) is 19.1. The third kappa shape index (κ3) is 30.6. The molecular weight excluding hydrogens is 1690 g/mol. The van der Waals surface area contributed by atoms with Crippen LogP contribution in [0, 0.1) is 5.82 Å². The third-order valence-corrected chi connectivity index (χ3v) is 26.3. The van der Waals surface area contributed by atoms with Crippen LogP contribution in [0.25, 0.3) is 0 Å². The lowest BCUT2D eigenvalue weighted by Crippen LogP contribution is -2.56. The average Bonchev–Trinajstić information content (AvgIpc) is 1.66. The van der Waals surface area contributed by atoms with Crippen molar-refractivity contribution in [1.29, 1.82) is 0 Å². The van der Waals surface area contributed by atoms with Gasteiger partial charge in [0.2, 0.25) is 35.4 Å². The fraction of sp³-hybridized carbons (Fsp3) is 0.585. The molecule has 29 nitrogen and oxygen atoms in total. The summed E-state index contributed by atoms with van der Waals surface area (Å²) in [6.07, 6.45) is 22.9. The van der Waals surface area contributed by atoms with Gasteiger partial charge < -0.3 is 85.6 Å². The Hall–Kier alpha value is -8.89. The van der Waals surface area contributed by atoms with E-state index in [0.29, 0.717) is 89.9 Å². The number of halogens is 3. The maximum Gasteiger partial charge on any atom is 0.475 e. The van der Waals surface area contributed by atoms with Crippen LogP contribution in [0.3, 0.4) is 0 Å². The lowest BCUT2D eigenvalue weighted by atomic mass is 9.76. The predicted molar refractivity (Wildman–Crippen MR) is 492 cm³/mol. The first-order valence-electron chi connectivity index (χ1n) is 46.8. The molecule has 11 N–H and O–H groups in total. The number of hydrogen-bond donors (Lipinski definition) is 11. The third-order valence-electron chi connectivity index (χ3n) is 26.3. The summed E-state index contributed by atoms with van der Waals surface area (Å²) in [5.41, 5.74) is 8.40. The van der Waals surface area contributed by atoms with E-state index in [-0.39, 0.29) is 93.8 Å². The fourth-order valence-electron chi connectivity index (χ4n) is 19.1. The summed E-state index contributed by atoms with van der Waals surface area (Å²) in [4.78, 5) is 131. The van der Waals surface area contributed by atoms with Crippen molar-refractivity contribution in [1.82, 2.24) is 56.0 Å². The van der Waals surface area contributed by atoms with Crippen LogP contribution in [-0.2, 0) is 95.2 Å². The van der Waals surface area contributed by atoms with Crippen LogP contribution < -0.4 is 26.6 Å². The zero-order valence-electron chi connectivity index (χ0n) is 74.3. The number of rotatable bonds is 14. The summed E-state index contributed by atoms with van der Waals surface area (Å²) in [5.74, 6) is -4.88. The van der Waals surface area contributed by atoms with Gasteiger partial charge in [-0.2, -0.15) is 0 Å². The maximum absolute atomic E-state index is 14.2. The Morgan fingerprint density at radius 2 is 0.690 bits per heavy atom. The molecule has 0 unspecified atom stereocenters. The zero-order valence-corrected chi connectivity index (χ0v) is 75.9. The van der Waals surface area contributed by atoms with Gasteiger partial charge in [0.05, 0.1) is 49.5 Å². The molecule has 702 valence electrons. The van der Waals surface area contributed by atoms with Gasteiger partial charge in [0.25, 0.3) is 0 Å². The summed E-state index contributed by atoms with van der Waals surface area (Å²) in [5, 5.41) is 74.9. The Morgan fingerprint density at radius 1 is 0.380 bits per heavy atom. The van der Waals surface area contributed by atoms with Gasteiger partial charge >= 0.3 is 39.6 Å². The molecule has 11 atom stereocenters. The lowest BCUT2D eigenvalue weighted by Gasteiger charge is -2.30. The van der Waals surface area contributed by atoms with Crippen LogP contribution in [0.5, 0.6) is 0 Å². The molecular formula is C94H133B3Cl2FN11O18. The Kier molecular flexibility index (Phi) is 41.5. The minimum absolute atomic E-state index is 0. The highest BCUT2D eigenvalue weighted by atomic mass is 35.5. The molecule has 0 bridgehead atoms. The second-order valence-electron chi connectivity index (χ2n) is 35.9. The maximum atomic E-state index is 14.2. The summed E-state index contributed by atoms with van der Waals surface area (Å²) < 4.78 is 31.4. The van der Waals surface area contributed by atoms with Crippen molar-refractivity contribution in [2.45, 2.75) is 324 Å². The Morgan fingerprint density at radius 3 is 1.05 bits per heavy atom. The summed E-state index contributed by atoms with van der Waals surface area (Å²) >= 11 is 0. The van der Waals surface area contributed by atoms with Crippen molar-refractivity contribution in [2.24, 2.45) is 0 Å². The second kappa shape index (κ2) is 52.4. The number of aryl methyl sites for hydroxylation is 1. The van der Waals surface area contributed by atoms with E-state index in [0.717, 1.165) is 187 Å². The molecule has 35 heteroatoms. The average molecular weight is 1830 g/mol. The highest BCUT2D eigenvalue weighted by molar-refractivity contribution is 6.44. The summed E-state index contributed by atoms with van der Waals surface area (Å²) in [6.45, 7) is 3.95. The number of hydrogen-bond acceptors (Lipinski definition) is 20. The van der Waals surface area contributed by atoms with E-state index in [9.17, 15) is 77.7 Å². The number of fused-ring (bicyclic) bond motifs is 6. The van der Waals surface area contributed by atoms with Crippen LogP contribution in [-0.4, -0.2) is 227 Å². The van der Waals surface area contributed by atoms with Crippen LogP contribution in [0.4, 0.5) is 18.8 Å². The molecule has 9 aliphatic rings. The molecule has 129 heavy (non-hydrogen) atoms. The van der Waals surface area contributed by atoms with Crippen LogP contribution in [0.1, 0.15) is 250 Å². The van der Waals surface area contributed by atoms with Gasteiger partial charge in [0.1, 0.15) is 42.3 Å². The van der Waals surface area contributed by atoms with Crippen molar-refractivity contribution in [3.05, 3.63) is 178 Å². The lowest BCUT2D eigenvalue weighted by molar-refractivity contribution is -0.140. The van der Waals surface area contributed by atoms with E-state index >= 15 is 0 Å². The predicted octanol–water partition coefficient (Wildman–Crippen LogP) is 10.5. The van der Waals surface area contributed by atoms with E-state index in [1.54, 1.807) is 31.7 Å². The Balaban J connectivity index is 0.000000201.